The Morgan fingerprint density at radius 3 is 2.82 bits per heavy atom. The van der Waals surface area contributed by atoms with E-state index in [2.05, 4.69) is 52.0 Å². The monoisotopic (exact) mass is 312 g/mol. The summed E-state index contributed by atoms with van der Waals surface area (Å²) in [6, 6.07) is 10.8. The normalized spacial score (nSPS) is 15.6. The second-order valence-electron chi connectivity index (χ2n) is 5.79. The zero-order valence-electron chi connectivity index (χ0n) is 12.8. The largest absolute Gasteiger partial charge is 0.306 e. The molecule has 0 radical (unpaired) electrons. The average Bonchev–Trinajstić information content (AvgIpc) is 2.76. The summed E-state index contributed by atoms with van der Waals surface area (Å²) in [4.78, 5) is 0. The smallest absolute Gasteiger partial charge is 0.192 e. The van der Waals surface area contributed by atoms with E-state index in [9.17, 15) is 5.26 Å². The molecule has 1 aliphatic heterocycles. The predicted molar refractivity (Wildman–Crippen MR) is 87.7 cm³/mol. The third-order valence-electron chi connectivity index (χ3n) is 4.01. The van der Waals surface area contributed by atoms with E-state index in [4.69, 9.17) is 0 Å². The number of aromatic nitrogens is 3. The zero-order valence-corrected chi connectivity index (χ0v) is 13.6. The highest BCUT2D eigenvalue weighted by Crippen LogP contribution is 2.27. The van der Waals surface area contributed by atoms with Gasteiger partial charge in [-0.1, -0.05) is 48.0 Å². The Morgan fingerprint density at radius 1 is 1.23 bits per heavy atom. The summed E-state index contributed by atoms with van der Waals surface area (Å²) in [5.74, 6) is 1.08. The fourth-order valence-corrected chi connectivity index (χ4v) is 3.72. The van der Waals surface area contributed by atoms with Crippen LogP contribution < -0.4 is 0 Å². The summed E-state index contributed by atoms with van der Waals surface area (Å²) in [7, 11) is 0. The van der Waals surface area contributed by atoms with Gasteiger partial charge in [0.1, 0.15) is 11.1 Å². The topological polar surface area (TPSA) is 54.5 Å². The summed E-state index contributed by atoms with van der Waals surface area (Å²) >= 11 is 1.55. The van der Waals surface area contributed by atoms with Crippen molar-refractivity contribution in [3.05, 3.63) is 41.2 Å². The molecule has 3 rings (SSSR count). The molecule has 1 aromatic heterocycles. The second-order valence-corrected chi connectivity index (χ2v) is 6.96. The molecule has 0 saturated carbocycles. The second kappa shape index (κ2) is 6.97. The molecule has 0 fully saturated rings. The van der Waals surface area contributed by atoms with Crippen LogP contribution in [0.5, 0.6) is 0 Å². The lowest BCUT2D eigenvalue weighted by atomic mass is 10.1. The minimum Gasteiger partial charge on any atom is -0.306 e. The van der Waals surface area contributed by atoms with E-state index in [1.165, 1.54) is 30.4 Å². The first kappa shape index (κ1) is 15.1. The molecule has 114 valence electrons. The molecule has 4 nitrogen and oxygen atoms in total. The third-order valence-corrected chi connectivity index (χ3v) is 5.08. The van der Waals surface area contributed by atoms with Crippen molar-refractivity contribution in [3.8, 4) is 6.07 Å². The third kappa shape index (κ3) is 3.50. The van der Waals surface area contributed by atoms with Crippen molar-refractivity contribution in [1.29, 1.82) is 5.26 Å². The Balaban J connectivity index is 1.72. The van der Waals surface area contributed by atoms with Gasteiger partial charge in [0.2, 0.25) is 0 Å². The molecule has 1 unspecified atom stereocenters. The zero-order chi connectivity index (χ0) is 15.4. The first-order chi connectivity index (χ1) is 10.8. The highest BCUT2D eigenvalue weighted by Gasteiger charge is 2.19. The van der Waals surface area contributed by atoms with Gasteiger partial charge in [-0.3, -0.25) is 0 Å². The molecule has 0 bridgehead atoms. The highest BCUT2D eigenvalue weighted by atomic mass is 32.2. The van der Waals surface area contributed by atoms with Crippen molar-refractivity contribution < 1.29 is 0 Å². The number of nitrogens with zero attached hydrogens (tertiary/aromatic N) is 4. The van der Waals surface area contributed by atoms with Crippen LogP contribution in [0.1, 0.15) is 36.2 Å². The molecule has 0 aliphatic carbocycles. The van der Waals surface area contributed by atoms with Gasteiger partial charge in [0.25, 0.3) is 0 Å². The first-order valence-corrected chi connectivity index (χ1v) is 8.68. The lowest BCUT2D eigenvalue weighted by molar-refractivity contribution is 0.590. The van der Waals surface area contributed by atoms with Gasteiger partial charge in [-0.2, -0.15) is 5.26 Å². The number of benzene rings is 1. The molecule has 0 saturated heterocycles. The average molecular weight is 312 g/mol. The van der Waals surface area contributed by atoms with Crippen LogP contribution >= 0.6 is 11.8 Å². The number of nitriles is 1. The molecule has 1 atom stereocenters. The minimum absolute atomic E-state index is 0.126. The quantitative estimate of drug-likeness (QED) is 0.810. The summed E-state index contributed by atoms with van der Waals surface area (Å²) in [6.45, 7) is 3.05. The minimum atomic E-state index is -0.126. The molecule has 1 aromatic carbocycles. The van der Waals surface area contributed by atoms with Crippen LogP contribution in [0.25, 0.3) is 0 Å². The summed E-state index contributed by atoms with van der Waals surface area (Å²) < 4.78 is 2.21. The Kier molecular flexibility index (Phi) is 4.79. The Morgan fingerprint density at radius 2 is 2.05 bits per heavy atom. The predicted octanol–water partition coefficient (Wildman–Crippen LogP) is 3.54. The van der Waals surface area contributed by atoms with Crippen molar-refractivity contribution in [2.24, 2.45) is 0 Å². The van der Waals surface area contributed by atoms with Crippen LogP contribution in [0.3, 0.4) is 0 Å². The van der Waals surface area contributed by atoms with Gasteiger partial charge in [0.15, 0.2) is 5.16 Å². The van der Waals surface area contributed by atoms with E-state index in [1.54, 1.807) is 11.8 Å². The van der Waals surface area contributed by atoms with E-state index in [0.717, 1.165) is 30.4 Å². The molecular formula is C17H20N4S. The number of thioether (sulfide) groups is 1. The molecular weight excluding hydrogens is 292 g/mol. The Bertz CT molecular complexity index is 669. The van der Waals surface area contributed by atoms with Gasteiger partial charge < -0.3 is 4.57 Å². The van der Waals surface area contributed by atoms with Crippen molar-refractivity contribution >= 4 is 11.8 Å². The van der Waals surface area contributed by atoms with E-state index < -0.39 is 0 Å². The Hall–Kier alpha value is -1.80. The highest BCUT2D eigenvalue weighted by molar-refractivity contribution is 8.00. The van der Waals surface area contributed by atoms with Crippen LogP contribution in [0.4, 0.5) is 0 Å². The lowest BCUT2D eigenvalue weighted by Gasteiger charge is -2.10. The van der Waals surface area contributed by atoms with Gasteiger partial charge in [-0.15, -0.1) is 10.2 Å². The van der Waals surface area contributed by atoms with E-state index >= 15 is 0 Å². The summed E-state index contributed by atoms with van der Waals surface area (Å²) in [6.07, 6.45) is 5.35. The van der Waals surface area contributed by atoms with E-state index in [1.807, 2.05) is 0 Å². The molecule has 2 aromatic rings. The van der Waals surface area contributed by atoms with Gasteiger partial charge in [-0.05, 0) is 31.7 Å². The number of aryl methyl sites for hydroxylation is 2. The fraction of sp³-hybridized carbons (Fsp3) is 0.471. The SMILES string of the molecule is Cc1ccc(CC(C#N)Sc2nnc3n2CCCCC3)cc1. The summed E-state index contributed by atoms with van der Waals surface area (Å²) in [5.41, 5.74) is 2.44. The van der Waals surface area contributed by atoms with Crippen LogP contribution in [-0.4, -0.2) is 20.0 Å². The lowest BCUT2D eigenvalue weighted by Crippen LogP contribution is -2.08. The van der Waals surface area contributed by atoms with Crippen LogP contribution in [0.2, 0.25) is 0 Å². The molecule has 0 N–H and O–H groups in total. The van der Waals surface area contributed by atoms with Crippen LogP contribution in [-0.2, 0) is 19.4 Å². The number of hydrogen-bond acceptors (Lipinski definition) is 4. The van der Waals surface area contributed by atoms with Crippen LogP contribution in [0.15, 0.2) is 29.4 Å². The van der Waals surface area contributed by atoms with E-state index in [0.29, 0.717) is 0 Å². The molecule has 5 heteroatoms. The maximum absolute atomic E-state index is 9.47. The maximum Gasteiger partial charge on any atom is 0.192 e. The van der Waals surface area contributed by atoms with Gasteiger partial charge in [0.05, 0.1) is 6.07 Å². The van der Waals surface area contributed by atoms with Gasteiger partial charge >= 0.3 is 0 Å². The maximum atomic E-state index is 9.47. The molecule has 2 heterocycles. The first-order valence-electron chi connectivity index (χ1n) is 7.80. The number of hydrogen-bond donors (Lipinski definition) is 0. The summed E-state index contributed by atoms with van der Waals surface area (Å²) in [5, 5.41) is 18.9. The van der Waals surface area contributed by atoms with Crippen molar-refractivity contribution in [1.82, 2.24) is 14.8 Å². The number of rotatable bonds is 4. The molecule has 0 amide bonds. The van der Waals surface area contributed by atoms with Crippen molar-refractivity contribution in [2.75, 3.05) is 0 Å². The fourth-order valence-electron chi connectivity index (χ4n) is 2.72. The molecule has 1 aliphatic rings. The van der Waals surface area contributed by atoms with Crippen molar-refractivity contribution in [2.45, 2.75) is 56.0 Å². The van der Waals surface area contributed by atoms with E-state index in [-0.39, 0.29) is 5.25 Å². The molecule has 22 heavy (non-hydrogen) atoms. The molecule has 0 spiro atoms. The van der Waals surface area contributed by atoms with Gasteiger partial charge in [0, 0.05) is 13.0 Å². The standard InChI is InChI=1S/C17H20N4S/c1-13-6-8-14(9-7-13)11-15(12-18)22-17-20-19-16-5-3-2-4-10-21(16)17/h6-9,15H,2-5,10-11H2,1H3. The number of fused-ring (bicyclic) bond motifs is 1. The Labute approximate surface area is 135 Å². The van der Waals surface area contributed by atoms with Gasteiger partial charge in [-0.25, -0.2) is 0 Å². The van der Waals surface area contributed by atoms with Crippen LogP contribution in [0, 0.1) is 18.3 Å². The van der Waals surface area contributed by atoms with Crippen molar-refractivity contribution in [3.63, 3.8) is 0 Å².